The van der Waals surface area contributed by atoms with E-state index >= 15 is 0 Å². The molecule has 0 aliphatic heterocycles. The molecule has 1 N–H and O–H groups in total. The van der Waals surface area contributed by atoms with Crippen LogP contribution < -0.4 is 19.7 Å². The van der Waals surface area contributed by atoms with E-state index in [0.717, 1.165) is 30.3 Å². The van der Waals surface area contributed by atoms with Crippen molar-refractivity contribution in [3.05, 3.63) is 127 Å². The number of amides is 1. The summed E-state index contributed by atoms with van der Waals surface area (Å²) < 4.78 is 11.6. The molecular formula is C31H29N3O3. The van der Waals surface area contributed by atoms with Gasteiger partial charge in [0.25, 0.3) is 0 Å². The Kier molecular flexibility index (Phi) is 9.17. The van der Waals surface area contributed by atoms with Gasteiger partial charge in [0.2, 0.25) is 6.41 Å². The van der Waals surface area contributed by atoms with Crippen molar-refractivity contribution < 1.29 is 14.3 Å². The number of benzene rings is 3. The first-order chi connectivity index (χ1) is 18.2. The number of carbonyl (C=O) groups excluding carboxylic acids is 1. The molecule has 0 bridgehead atoms. The quantitative estimate of drug-likeness (QED) is 0.228. The summed E-state index contributed by atoms with van der Waals surface area (Å²) in [6.45, 7) is 2.17. The molecule has 0 radical (unpaired) electrons. The number of rotatable bonds is 13. The van der Waals surface area contributed by atoms with E-state index in [-0.39, 0.29) is 0 Å². The predicted molar refractivity (Wildman–Crippen MR) is 147 cm³/mol. The summed E-state index contributed by atoms with van der Waals surface area (Å²) in [6.07, 6.45) is 4.02. The third-order valence-corrected chi connectivity index (χ3v) is 5.44. The largest absolute Gasteiger partial charge is 0.484 e. The second-order valence-corrected chi connectivity index (χ2v) is 8.32. The van der Waals surface area contributed by atoms with Gasteiger partial charge in [-0.05, 0) is 73.3 Å². The maximum Gasteiger partial charge on any atom is 0.218 e. The van der Waals surface area contributed by atoms with E-state index in [2.05, 4.69) is 41.5 Å². The molecule has 186 valence electrons. The monoisotopic (exact) mass is 491 g/mol. The highest BCUT2D eigenvalue weighted by atomic mass is 16.5. The van der Waals surface area contributed by atoms with Gasteiger partial charge in [0.15, 0.2) is 5.75 Å². The molecule has 6 nitrogen and oxygen atoms in total. The molecule has 0 saturated carbocycles. The third kappa shape index (κ3) is 8.17. The third-order valence-electron chi connectivity index (χ3n) is 5.44. The van der Waals surface area contributed by atoms with Gasteiger partial charge in [0.05, 0.1) is 5.69 Å². The van der Waals surface area contributed by atoms with Crippen LogP contribution in [0.5, 0.6) is 17.2 Å². The summed E-state index contributed by atoms with van der Waals surface area (Å²) in [7, 11) is 2.06. The Bertz CT molecular complexity index is 1240. The van der Waals surface area contributed by atoms with Crippen molar-refractivity contribution in [2.45, 2.75) is 6.54 Å². The molecule has 0 spiro atoms. The Morgan fingerprint density at radius 3 is 2.22 bits per heavy atom. The highest BCUT2D eigenvalue weighted by Gasteiger charge is 2.04. The average molecular weight is 492 g/mol. The van der Waals surface area contributed by atoms with Gasteiger partial charge in [-0.1, -0.05) is 48.5 Å². The zero-order valence-electron chi connectivity index (χ0n) is 20.7. The normalized spacial score (nSPS) is 10.6. The Balaban J connectivity index is 1.22. The van der Waals surface area contributed by atoms with Crippen molar-refractivity contribution in [3.63, 3.8) is 0 Å². The molecule has 0 aliphatic carbocycles. The Morgan fingerprint density at radius 1 is 0.838 bits per heavy atom. The van der Waals surface area contributed by atoms with Gasteiger partial charge >= 0.3 is 0 Å². The van der Waals surface area contributed by atoms with Crippen molar-refractivity contribution in [1.82, 2.24) is 4.90 Å². The summed E-state index contributed by atoms with van der Waals surface area (Å²) in [4.78, 5) is 15.2. The molecular weight excluding hydrogens is 462 g/mol. The lowest BCUT2D eigenvalue weighted by atomic mass is 10.2. The minimum Gasteiger partial charge on any atom is -0.484 e. The number of para-hydroxylation sites is 1. The summed E-state index contributed by atoms with van der Waals surface area (Å²) >= 11 is 0. The van der Waals surface area contributed by atoms with Crippen molar-refractivity contribution in [2.75, 3.05) is 30.4 Å². The van der Waals surface area contributed by atoms with Crippen LogP contribution >= 0.6 is 0 Å². The van der Waals surface area contributed by atoms with Crippen molar-refractivity contribution in [3.8, 4) is 17.2 Å². The number of hydrogen-bond acceptors (Lipinski definition) is 5. The minimum absolute atomic E-state index is 0.531. The fourth-order valence-electron chi connectivity index (χ4n) is 3.51. The van der Waals surface area contributed by atoms with Crippen LogP contribution in [0.3, 0.4) is 0 Å². The van der Waals surface area contributed by atoms with Crippen LogP contribution in [-0.4, -0.2) is 31.5 Å². The minimum atomic E-state index is 0.531. The lowest BCUT2D eigenvalue weighted by molar-refractivity contribution is -0.106. The van der Waals surface area contributed by atoms with Gasteiger partial charge < -0.3 is 14.8 Å². The van der Waals surface area contributed by atoms with E-state index in [9.17, 15) is 4.79 Å². The van der Waals surface area contributed by atoms with E-state index in [1.165, 1.54) is 10.5 Å². The summed E-state index contributed by atoms with van der Waals surface area (Å²) in [5.74, 6) is 2.11. The molecule has 0 aliphatic rings. The Morgan fingerprint density at radius 2 is 1.54 bits per heavy atom. The molecule has 0 atom stereocenters. The highest BCUT2D eigenvalue weighted by Crippen LogP contribution is 2.22. The van der Waals surface area contributed by atoms with Crippen LogP contribution in [0.15, 0.2) is 109 Å². The van der Waals surface area contributed by atoms with Gasteiger partial charge in [0, 0.05) is 31.2 Å². The summed E-state index contributed by atoms with van der Waals surface area (Å²) in [6, 6.07) is 37.0. The number of carbonyl (C=O) groups is 1. The van der Waals surface area contributed by atoms with Crippen LogP contribution in [0, 0.1) is 12.1 Å². The van der Waals surface area contributed by atoms with E-state index in [1.54, 1.807) is 24.5 Å². The number of anilines is 2. The topological polar surface area (TPSA) is 54.0 Å². The Labute approximate surface area is 218 Å². The van der Waals surface area contributed by atoms with Gasteiger partial charge in [-0.3, -0.25) is 14.6 Å². The van der Waals surface area contributed by atoms with Gasteiger partial charge in [-0.2, -0.15) is 0 Å². The first-order valence-electron chi connectivity index (χ1n) is 12.0. The second-order valence-electron chi connectivity index (χ2n) is 8.32. The summed E-state index contributed by atoms with van der Waals surface area (Å²) in [5.41, 5.74) is 2.69. The number of likely N-dealkylation sites (N-methyl/N-ethyl adjacent to an activating group) is 1. The van der Waals surface area contributed by atoms with Gasteiger partial charge in [0.1, 0.15) is 18.1 Å². The molecule has 0 aromatic heterocycles. The number of nitrogens with one attached hydrogen (secondary N) is 1. The van der Waals surface area contributed by atoms with Crippen LogP contribution in [0.25, 0.3) is 0 Å². The van der Waals surface area contributed by atoms with E-state index in [4.69, 9.17) is 9.47 Å². The van der Waals surface area contributed by atoms with Crippen LogP contribution in [0.4, 0.5) is 11.4 Å². The first kappa shape index (κ1) is 25.4. The zero-order chi connectivity index (χ0) is 25.7. The Hall–Kier alpha value is -4.73. The zero-order valence-corrected chi connectivity index (χ0v) is 20.7. The first-order valence-corrected chi connectivity index (χ1v) is 12.0. The molecule has 37 heavy (non-hydrogen) atoms. The van der Waals surface area contributed by atoms with Crippen molar-refractivity contribution in [1.29, 1.82) is 0 Å². The molecule has 4 aromatic rings. The highest BCUT2D eigenvalue weighted by molar-refractivity contribution is 5.77. The predicted octanol–water partition coefficient (Wildman–Crippen LogP) is 6.14. The smallest absolute Gasteiger partial charge is 0.218 e. The molecule has 0 heterocycles. The maximum atomic E-state index is 11.6. The lowest BCUT2D eigenvalue weighted by Crippen LogP contribution is -2.23. The standard InChI is InChI=1S/C31H29N3O3/c1-33(24-26-8-4-2-5-9-26)22-23-36-29-18-14-28(15-19-29)34(25-35)21-20-32-27-12-16-31(17-13-27)37-30-10-6-3-7-11-30/h2-14,16-18,20-21,25,32H,22-24H2,1H3/b21-20-. The van der Waals surface area contributed by atoms with Crippen molar-refractivity contribution >= 4 is 17.8 Å². The van der Waals surface area contributed by atoms with E-state index < -0.39 is 0 Å². The maximum absolute atomic E-state index is 11.6. The number of ether oxygens (including phenoxy) is 2. The molecule has 0 unspecified atom stereocenters. The van der Waals surface area contributed by atoms with Crippen molar-refractivity contribution in [2.24, 2.45) is 0 Å². The van der Waals surface area contributed by atoms with E-state index in [1.807, 2.05) is 72.8 Å². The van der Waals surface area contributed by atoms with Crippen LogP contribution in [0.2, 0.25) is 0 Å². The molecule has 4 aromatic carbocycles. The fourth-order valence-corrected chi connectivity index (χ4v) is 3.51. The summed E-state index contributed by atoms with van der Waals surface area (Å²) in [5, 5.41) is 3.15. The molecule has 4 rings (SSSR count). The van der Waals surface area contributed by atoms with Gasteiger partial charge in [-0.25, -0.2) is 0 Å². The van der Waals surface area contributed by atoms with E-state index in [0.29, 0.717) is 24.5 Å². The lowest BCUT2D eigenvalue weighted by Gasteiger charge is -2.16. The average Bonchev–Trinajstić information content (AvgIpc) is 2.94. The van der Waals surface area contributed by atoms with Crippen LogP contribution in [0.1, 0.15) is 5.56 Å². The molecule has 0 saturated heterocycles. The SMILES string of the molecule is CN(CCOc1c#cc(N(C=O)/C=C\Nc2ccc(Oc3ccccc3)cc2)cc1)Cc1ccccc1. The fraction of sp³-hybridized carbons (Fsp3) is 0.129. The molecule has 1 amide bonds. The van der Waals surface area contributed by atoms with Gasteiger partial charge in [-0.15, -0.1) is 0 Å². The second kappa shape index (κ2) is 13.4. The number of nitrogens with zero attached hydrogens (tertiary/aromatic N) is 2. The molecule has 0 fully saturated rings. The number of hydrogen-bond donors (Lipinski definition) is 1. The van der Waals surface area contributed by atoms with Crippen LogP contribution in [-0.2, 0) is 11.3 Å². The molecule has 6 heteroatoms.